The summed E-state index contributed by atoms with van der Waals surface area (Å²) in [6, 6.07) is 6.17. The number of anilines is 2. The van der Waals surface area contributed by atoms with Crippen molar-refractivity contribution >= 4 is 17.3 Å². The summed E-state index contributed by atoms with van der Waals surface area (Å²) in [6.07, 6.45) is 4.38. The number of β-amino-alcohol motifs (C(OH)–C–C–N with tert-alkyl or cyclic N) is 1. The van der Waals surface area contributed by atoms with Crippen molar-refractivity contribution in [3.8, 4) is 0 Å². The molecule has 1 aromatic carbocycles. The Morgan fingerprint density at radius 1 is 1.37 bits per heavy atom. The first-order chi connectivity index (χ1) is 12.9. The first-order valence-corrected chi connectivity index (χ1v) is 9.14. The molecule has 1 atom stereocenters. The smallest absolute Gasteiger partial charge is 0.256 e. The van der Waals surface area contributed by atoms with Crippen LogP contribution in [0.4, 0.5) is 15.8 Å². The number of nitrogens with two attached hydrogens (primary N) is 1. The highest BCUT2D eigenvalue weighted by Gasteiger charge is 2.47. The second-order valence-corrected chi connectivity index (χ2v) is 6.99. The summed E-state index contributed by atoms with van der Waals surface area (Å²) in [5, 5.41) is 13.4. The molecule has 3 rings (SSSR count). The molecule has 7 heteroatoms. The molecular weight excluding hydrogens is 347 g/mol. The van der Waals surface area contributed by atoms with Gasteiger partial charge in [-0.3, -0.25) is 9.78 Å². The maximum absolute atomic E-state index is 14.3. The minimum atomic E-state index is -1.05. The number of hydrogen-bond donors (Lipinski definition) is 3. The zero-order chi connectivity index (χ0) is 19.6. The quantitative estimate of drug-likeness (QED) is 0.724. The number of carbonyl (C=O) groups is 1. The van der Waals surface area contributed by atoms with Crippen molar-refractivity contribution in [2.24, 2.45) is 5.73 Å². The van der Waals surface area contributed by atoms with Crippen molar-refractivity contribution in [1.82, 2.24) is 9.88 Å². The molecule has 6 nitrogen and oxygen atoms in total. The molecular formula is C20H25FN4O2. The first-order valence-electron chi connectivity index (χ1n) is 9.14. The van der Waals surface area contributed by atoms with Crippen LogP contribution >= 0.6 is 0 Å². The lowest BCUT2D eigenvalue weighted by Crippen LogP contribution is -2.70. The Bertz CT molecular complexity index is 836. The monoisotopic (exact) mass is 372 g/mol. The molecule has 0 radical (unpaired) electrons. The largest absolute Gasteiger partial charge is 0.385 e. The normalized spacial score (nSPS) is 16.6. The van der Waals surface area contributed by atoms with Gasteiger partial charge < -0.3 is 21.1 Å². The minimum absolute atomic E-state index is 0.183. The van der Waals surface area contributed by atoms with Gasteiger partial charge in [0.1, 0.15) is 11.4 Å². The van der Waals surface area contributed by atoms with Crippen molar-refractivity contribution in [3.63, 3.8) is 0 Å². The SMILES string of the molecule is CCc1ccc(Nc2cnccc2C(=O)N2CC(O)(C(N)CC)C2)c(F)c1. The molecule has 1 unspecified atom stereocenters. The van der Waals surface area contributed by atoms with Crippen LogP contribution in [0, 0.1) is 5.82 Å². The van der Waals surface area contributed by atoms with Crippen molar-refractivity contribution in [2.45, 2.75) is 38.3 Å². The second-order valence-electron chi connectivity index (χ2n) is 6.99. The Hall–Kier alpha value is -2.51. The van der Waals surface area contributed by atoms with E-state index in [1.807, 2.05) is 19.9 Å². The summed E-state index contributed by atoms with van der Waals surface area (Å²) in [6.45, 7) is 4.22. The number of aryl methyl sites for hydroxylation is 1. The van der Waals surface area contributed by atoms with Gasteiger partial charge in [0, 0.05) is 12.2 Å². The summed E-state index contributed by atoms with van der Waals surface area (Å²) < 4.78 is 14.3. The third-order valence-corrected chi connectivity index (χ3v) is 5.11. The van der Waals surface area contributed by atoms with E-state index in [0.29, 0.717) is 17.7 Å². The van der Waals surface area contributed by atoms with Gasteiger partial charge in [-0.05, 0) is 36.6 Å². The van der Waals surface area contributed by atoms with E-state index < -0.39 is 5.60 Å². The van der Waals surface area contributed by atoms with Gasteiger partial charge in [0.15, 0.2) is 0 Å². The highest BCUT2D eigenvalue weighted by atomic mass is 19.1. The zero-order valence-electron chi connectivity index (χ0n) is 15.6. The van der Waals surface area contributed by atoms with E-state index in [9.17, 15) is 14.3 Å². The van der Waals surface area contributed by atoms with E-state index in [1.54, 1.807) is 12.1 Å². The van der Waals surface area contributed by atoms with Gasteiger partial charge in [-0.2, -0.15) is 0 Å². The molecule has 1 aliphatic heterocycles. The number of amides is 1. The summed E-state index contributed by atoms with van der Waals surface area (Å²) in [7, 11) is 0. The average molecular weight is 372 g/mol. The lowest BCUT2D eigenvalue weighted by molar-refractivity contribution is -0.0971. The number of pyridine rings is 1. The molecule has 0 saturated carbocycles. The molecule has 0 spiro atoms. The molecule has 1 amide bonds. The third-order valence-electron chi connectivity index (χ3n) is 5.11. The number of nitrogens with zero attached hydrogens (tertiary/aromatic N) is 2. The van der Waals surface area contributed by atoms with Crippen molar-refractivity contribution < 1.29 is 14.3 Å². The minimum Gasteiger partial charge on any atom is -0.385 e. The number of aromatic nitrogens is 1. The predicted octanol–water partition coefficient (Wildman–Crippen LogP) is 2.45. The van der Waals surface area contributed by atoms with Crippen LogP contribution in [0.25, 0.3) is 0 Å². The number of nitrogens with one attached hydrogen (secondary N) is 1. The first kappa shape index (κ1) is 19.3. The fourth-order valence-corrected chi connectivity index (χ4v) is 3.25. The van der Waals surface area contributed by atoms with Crippen LogP contribution in [0.5, 0.6) is 0 Å². The van der Waals surface area contributed by atoms with Crippen LogP contribution in [0.2, 0.25) is 0 Å². The zero-order valence-corrected chi connectivity index (χ0v) is 15.6. The van der Waals surface area contributed by atoms with E-state index in [2.05, 4.69) is 10.3 Å². The van der Waals surface area contributed by atoms with Crippen LogP contribution in [0.15, 0.2) is 36.7 Å². The van der Waals surface area contributed by atoms with E-state index in [0.717, 1.165) is 12.0 Å². The molecule has 144 valence electrons. The number of carbonyl (C=O) groups excluding carboxylic acids is 1. The molecule has 0 aliphatic carbocycles. The number of aliphatic hydroxyl groups is 1. The third kappa shape index (κ3) is 3.79. The predicted molar refractivity (Wildman–Crippen MR) is 102 cm³/mol. The number of likely N-dealkylation sites (tertiary alicyclic amines) is 1. The Kier molecular flexibility index (Phi) is 5.43. The number of hydrogen-bond acceptors (Lipinski definition) is 5. The molecule has 27 heavy (non-hydrogen) atoms. The highest BCUT2D eigenvalue weighted by Crippen LogP contribution is 2.30. The van der Waals surface area contributed by atoms with Crippen LogP contribution in [0.1, 0.15) is 36.2 Å². The van der Waals surface area contributed by atoms with Gasteiger partial charge in [0.2, 0.25) is 0 Å². The molecule has 1 aliphatic rings. The lowest BCUT2D eigenvalue weighted by Gasteiger charge is -2.49. The molecule has 1 fully saturated rings. The Morgan fingerprint density at radius 3 is 2.74 bits per heavy atom. The van der Waals surface area contributed by atoms with Crippen LogP contribution in [-0.4, -0.2) is 45.6 Å². The summed E-state index contributed by atoms with van der Waals surface area (Å²) in [5.41, 5.74) is 6.85. The summed E-state index contributed by atoms with van der Waals surface area (Å²) in [4.78, 5) is 18.4. The van der Waals surface area contributed by atoms with Crippen molar-refractivity contribution in [1.29, 1.82) is 0 Å². The van der Waals surface area contributed by atoms with Crippen LogP contribution in [-0.2, 0) is 6.42 Å². The number of benzene rings is 1. The second kappa shape index (κ2) is 7.62. The van der Waals surface area contributed by atoms with Gasteiger partial charge >= 0.3 is 0 Å². The topological polar surface area (TPSA) is 91.5 Å². The molecule has 1 aromatic heterocycles. The van der Waals surface area contributed by atoms with Crippen LogP contribution < -0.4 is 11.1 Å². The number of halogens is 1. The maximum Gasteiger partial charge on any atom is 0.256 e. The lowest BCUT2D eigenvalue weighted by atomic mass is 9.84. The van der Waals surface area contributed by atoms with E-state index in [1.165, 1.54) is 23.4 Å². The molecule has 0 bridgehead atoms. The Labute approximate surface area is 158 Å². The molecule has 1 saturated heterocycles. The van der Waals surface area contributed by atoms with Crippen molar-refractivity contribution in [3.05, 3.63) is 53.6 Å². The number of rotatable bonds is 6. The summed E-state index contributed by atoms with van der Waals surface area (Å²) in [5.74, 6) is -0.637. The summed E-state index contributed by atoms with van der Waals surface area (Å²) >= 11 is 0. The highest BCUT2D eigenvalue weighted by molar-refractivity contribution is 6.00. The Morgan fingerprint density at radius 2 is 2.11 bits per heavy atom. The van der Waals surface area contributed by atoms with Crippen LogP contribution in [0.3, 0.4) is 0 Å². The van der Waals surface area contributed by atoms with E-state index >= 15 is 0 Å². The molecule has 2 aromatic rings. The van der Waals surface area contributed by atoms with Crippen molar-refractivity contribution in [2.75, 3.05) is 18.4 Å². The Balaban J connectivity index is 1.78. The molecule has 4 N–H and O–H groups in total. The standard InChI is InChI=1S/C20H25FN4O2/c1-3-13-5-6-16(15(21)9-13)24-17-10-23-8-7-14(17)19(26)25-11-20(27,12-25)18(22)4-2/h5-10,18,24,27H,3-4,11-12,22H2,1-2H3. The average Bonchev–Trinajstić information content (AvgIpc) is 2.66. The van der Waals surface area contributed by atoms with Gasteiger partial charge in [0.25, 0.3) is 5.91 Å². The fraction of sp³-hybridized carbons (Fsp3) is 0.400. The van der Waals surface area contributed by atoms with Gasteiger partial charge in [-0.15, -0.1) is 0 Å². The maximum atomic E-state index is 14.3. The van der Waals surface area contributed by atoms with E-state index in [-0.39, 0.29) is 36.5 Å². The van der Waals surface area contributed by atoms with Gasteiger partial charge in [0.05, 0.1) is 36.2 Å². The van der Waals surface area contributed by atoms with E-state index in [4.69, 9.17) is 5.73 Å². The van der Waals surface area contributed by atoms with Gasteiger partial charge in [-0.25, -0.2) is 4.39 Å². The molecule has 2 heterocycles. The fourth-order valence-electron chi connectivity index (χ4n) is 3.25. The van der Waals surface area contributed by atoms with Gasteiger partial charge in [-0.1, -0.05) is 19.9 Å².